The monoisotopic (exact) mass is 550 g/mol. The highest BCUT2D eigenvalue weighted by molar-refractivity contribution is 5.83. The smallest absolute Gasteiger partial charge is 0.321 e. The van der Waals surface area contributed by atoms with E-state index in [1.807, 2.05) is 18.2 Å². The number of carbonyl (C=O) groups is 1. The molecule has 1 fully saturated rings. The molecule has 1 N–H and O–H groups in total. The van der Waals surface area contributed by atoms with Gasteiger partial charge in [0.2, 0.25) is 0 Å². The normalized spacial score (nSPS) is 23.2. The van der Waals surface area contributed by atoms with E-state index in [4.69, 9.17) is 0 Å². The van der Waals surface area contributed by atoms with Gasteiger partial charge in [-0.25, -0.2) is 18.0 Å². The molecule has 0 aliphatic carbocycles. The average molecular weight is 551 g/mol. The number of aromatic nitrogens is 1. The Morgan fingerprint density at radius 2 is 1.88 bits per heavy atom. The molecular formula is C31H33F3N4O2. The summed E-state index contributed by atoms with van der Waals surface area (Å²) in [7, 11) is 1.69. The fourth-order valence-corrected chi connectivity index (χ4v) is 5.92. The minimum Gasteiger partial charge on any atom is -0.393 e. The van der Waals surface area contributed by atoms with Crippen LogP contribution >= 0.6 is 0 Å². The van der Waals surface area contributed by atoms with Gasteiger partial charge in [0.15, 0.2) is 0 Å². The average Bonchev–Trinajstić information content (AvgIpc) is 3.39. The standard InChI is InChI=1S/C31H33F3N4O2/c1-36(26-11-14-37(27(16-26)18-32)19-22-9-12-35-13-10-22)30(40)38-20-23(28-15-25(33)7-8-29(28)34)17-31(38,21-39)24-5-3-2-4-6-24/h2-10,12-13,15,17,26-27,39H,11,14,16,18-21H2,1H3/t26?,27?,31-/m1/s1. The highest BCUT2D eigenvalue weighted by Gasteiger charge is 2.47. The summed E-state index contributed by atoms with van der Waals surface area (Å²) in [4.78, 5) is 23.4. The maximum atomic E-state index is 14.8. The van der Waals surface area contributed by atoms with Gasteiger partial charge in [-0.2, -0.15) is 0 Å². The van der Waals surface area contributed by atoms with Crippen molar-refractivity contribution >= 4 is 11.6 Å². The van der Waals surface area contributed by atoms with Crippen molar-refractivity contribution in [3.8, 4) is 0 Å². The molecule has 1 aromatic heterocycles. The van der Waals surface area contributed by atoms with E-state index in [1.54, 1.807) is 54.7 Å². The van der Waals surface area contributed by atoms with Gasteiger partial charge in [0, 0.05) is 56.7 Å². The molecule has 40 heavy (non-hydrogen) atoms. The van der Waals surface area contributed by atoms with E-state index in [-0.39, 0.29) is 30.2 Å². The maximum Gasteiger partial charge on any atom is 0.321 e. The summed E-state index contributed by atoms with van der Waals surface area (Å²) in [5.74, 6) is -1.20. The molecule has 3 heterocycles. The Morgan fingerprint density at radius 1 is 1.12 bits per heavy atom. The molecule has 6 nitrogen and oxygen atoms in total. The minimum absolute atomic E-state index is 0.0214. The number of aliphatic hydroxyl groups is 1. The summed E-state index contributed by atoms with van der Waals surface area (Å²) in [5.41, 5.74) is 0.883. The molecule has 0 spiro atoms. The quantitative estimate of drug-likeness (QED) is 0.450. The van der Waals surface area contributed by atoms with Crippen LogP contribution in [0.1, 0.15) is 29.5 Å². The topological polar surface area (TPSA) is 59.9 Å². The first-order valence-corrected chi connectivity index (χ1v) is 13.4. The van der Waals surface area contributed by atoms with Crippen LogP contribution in [0.5, 0.6) is 0 Å². The Balaban J connectivity index is 1.41. The van der Waals surface area contributed by atoms with Gasteiger partial charge in [0.25, 0.3) is 0 Å². The van der Waals surface area contributed by atoms with E-state index < -0.39 is 30.5 Å². The Morgan fingerprint density at radius 3 is 2.58 bits per heavy atom. The van der Waals surface area contributed by atoms with Crippen LogP contribution in [-0.2, 0) is 12.1 Å². The molecule has 3 aromatic rings. The minimum atomic E-state index is -1.28. The Bertz CT molecular complexity index is 1360. The number of hydrogen-bond acceptors (Lipinski definition) is 4. The molecule has 2 amide bonds. The van der Waals surface area contributed by atoms with Gasteiger partial charge in [-0.1, -0.05) is 30.3 Å². The van der Waals surface area contributed by atoms with E-state index in [9.17, 15) is 23.1 Å². The number of alkyl halides is 1. The number of benzene rings is 2. The molecule has 9 heteroatoms. The highest BCUT2D eigenvalue weighted by atomic mass is 19.1. The molecule has 0 radical (unpaired) electrons. The molecule has 0 bridgehead atoms. The van der Waals surface area contributed by atoms with Crippen LogP contribution in [0.15, 0.2) is 79.1 Å². The van der Waals surface area contributed by atoms with Gasteiger partial charge in [-0.05, 0) is 65.9 Å². The first-order valence-electron chi connectivity index (χ1n) is 13.4. The fraction of sp³-hybridized carbons (Fsp3) is 0.355. The number of aliphatic hydroxyl groups excluding tert-OH is 1. The number of carbonyl (C=O) groups excluding carboxylic acids is 1. The number of halogens is 3. The number of rotatable bonds is 7. The lowest BCUT2D eigenvalue weighted by atomic mass is 9.89. The van der Waals surface area contributed by atoms with E-state index in [0.717, 1.165) is 23.8 Å². The third kappa shape index (κ3) is 5.36. The predicted molar refractivity (Wildman–Crippen MR) is 147 cm³/mol. The number of piperidine rings is 1. The second-order valence-corrected chi connectivity index (χ2v) is 10.5. The van der Waals surface area contributed by atoms with Crippen LogP contribution < -0.4 is 0 Å². The lowest BCUT2D eigenvalue weighted by molar-refractivity contribution is 0.0452. The van der Waals surface area contributed by atoms with Crippen LogP contribution in [-0.4, -0.2) is 76.3 Å². The number of amides is 2. The van der Waals surface area contributed by atoms with Crippen molar-refractivity contribution in [1.29, 1.82) is 0 Å². The first-order chi connectivity index (χ1) is 19.4. The van der Waals surface area contributed by atoms with Crippen LogP contribution in [0.25, 0.3) is 5.57 Å². The molecule has 2 aromatic carbocycles. The number of urea groups is 1. The summed E-state index contributed by atoms with van der Waals surface area (Å²) in [6, 6.07) is 15.1. The number of nitrogens with zero attached hydrogens (tertiary/aromatic N) is 4. The van der Waals surface area contributed by atoms with Crippen LogP contribution in [0.3, 0.4) is 0 Å². The molecule has 2 aliphatic rings. The zero-order valence-electron chi connectivity index (χ0n) is 22.4. The maximum absolute atomic E-state index is 14.8. The van der Waals surface area contributed by atoms with Gasteiger partial charge < -0.3 is 14.9 Å². The van der Waals surface area contributed by atoms with Crippen molar-refractivity contribution in [2.75, 3.05) is 33.4 Å². The van der Waals surface area contributed by atoms with Crippen molar-refractivity contribution in [3.05, 3.63) is 107 Å². The Kier molecular flexibility index (Phi) is 8.23. The van der Waals surface area contributed by atoms with Gasteiger partial charge in [-0.3, -0.25) is 9.88 Å². The third-order valence-electron chi connectivity index (χ3n) is 8.22. The lowest BCUT2D eigenvalue weighted by Gasteiger charge is -2.45. The molecule has 2 aliphatic heterocycles. The second kappa shape index (κ2) is 11.8. The summed E-state index contributed by atoms with van der Waals surface area (Å²) < 4.78 is 43.1. The van der Waals surface area contributed by atoms with Gasteiger partial charge >= 0.3 is 6.03 Å². The van der Waals surface area contributed by atoms with E-state index in [2.05, 4.69) is 9.88 Å². The molecule has 3 atom stereocenters. The molecule has 210 valence electrons. The molecule has 0 saturated carbocycles. The van der Waals surface area contributed by atoms with Crippen molar-refractivity contribution in [1.82, 2.24) is 19.7 Å². The molecular weight excluding hydrogens is 517 g/mol. The number of hydrogen-bond donors (Lipinski definition) is 1. The van der Waals surface area contributed by atoms with E-state index in [1.165, 1.54) is 4.90 Å². The van der Waals surface area contributed by atoms with E-state index in [0.29, 0.717) is 37.1 Å². The van der Waals surface area contributed by atoms with Crippen molar-refractivity contribution in [3.63, 3.8) is 0 Å². The lowest BCUT2D eigenvalue weighted by Crippen LogP contribution is -2.57. The molecule has 2 unspecified atom stereocenters. The number of likely N-dealkylation sites (tertiary alicyclic amines) is 1. The Labute approximate surface area is 232 Å². The van der Waals surface area contributed by atoms with Crippen molar-refractivity contribution < 1.29 is 23.1 Å². The summed E-state index contributed by atoms with van der Waals surface area (Å²) in [6.07, 6.45) is 6.19. The predicted octanol–water partition coefficient (Wildman–Crippen LogP) is 5.00. The largest absolute Gasteiger partial charge is 0.393 e. The summed E-state index contributed by atoms with van der Waals surface area (Å²) in [6.45, 7) is 0.201. The number of pyridine rings is 1. The third-order valence-corrected chi connectivity index (χ3v) is 8.22. The van der Waals surface area contributed by atoms with Crippen molar-refractivity contribution in [2.45, 2.75) is 37.0 Å². The van der Waals surface area contributed by atoms with Crippen LogP contribution in [0, 0.1) is 11.6 Å². The Hall–Kier alpha value is -3.69. The van der Waals surface area contributed by atoms with Gasteiger partial charge in [-0.15, -0.1) is 0 Å². The zero-order valence-corrected chi connectivity index (χ0v) is 22.4. The molecule has 1 saturated heterocycles. The zero-order chi connectivity index (χ0) is 28.3. The fourth-order valence-electron chi connectivity index (χ4n) is 5.92. The van der Waals surface area contributed by atoms with Crippen molar-refractivity contribution in [2.24, 2.45) is 0 Å². The molecule has 5 rings (SSSR count). The van der Waals surface area contributed by atoms with Gasteiger partial charge in [0.05, 0.1) is 6.61 Å². The van der Waals surface area contributed by atoms with E-state index >= 15 is 0 Å². The SMILES string of the molecule is CN(C(=O)N1CC(c2cc(F)ccc2F)=C[C@@]1(CO)c1ccccc1)C1CCN(Cc2ccncc2)C(CF)C1. The second-order valence-electron chi connectivity index (χ2n) is 10.5. The van der Waals surface area contributed by atoms with Crippen LogP contribution in [0.4, 0.5) is 18.0 Å². The first kappa shape index (κ1) is 27.9. The van der Waals surface area contributed by atoms with Crippen LogP contribution in [0.2, 0.25) is 0 Å². The van der Waals surface area contributed by atoms with Gasteiger partial charge in [0.1, 0.15) is 23.8 Å². The highest BCUT2D eigenvalue weighted by Crippen LogP contribution is 2.41. The summed E-state index contributed by atoms with van der Waals surface area (Å²) in [5, 5.41) is 10.7. The summed E-state index contributed by atoms with van der Waals surface area (Å²) >= 11 is 0.